The van der Waals surface area contributed by atoms with E-state index in [4.69, 9.17) is 0 Å². The molecule has 5 nitrogen and oxygen atoms in total. The van der Waals surface area contributed by atoms with Crippen molar-refractivity contribution in [2.24, 2.45) is 0 Å². The minimum absolute atomic E-state index is 0.737. The molecular weight excluding hydrogens is 226 g/mol. The number of hydrogen-bond acceptors (Lipinski definition) is 5. The summed E-state index contributed by atoms with van der Waals surface area (Å²) in [6, 6.07) is 7.97. The van der Waals surface area contributed by atoms with Crippen LogP contribution >= 0.6 is 0 Å². The Hall–Kier alpha value is -2.01. The molecule has 0 aliphatic carbocycles. The third-order valence-electron chi connectivity index (χ3n) is 2.62. The van der Waals surface area contributed by atoms with Crippen LogP contribution in [0.25, 0.3) is 0 Å². The summed E-state index contributed by atoms with van der Waals surface area (Å²) in [5, 5.41) is 11.4. The number of pyridine rings is 1. The van der Waals surface area contributed by atoms with Crippen molar-refractivity contribution in [3.8, 4) is 0 Å². The average molecular weight is 243 g/mol. The van der Waals surface area contributed by atoms with Crippen LogP contribution in [0.4, 0.5) is 5.82 Å². The number of nitrogens with zero attached hydrogens (tertiary/aromatic N) is 4. The second kappa shape index (κ2) is 6.07. The number of anilines is 1. The van der Waals surface area contributed by atoms with Gasteiger partial charge in [-0.1, -0.05) is 0 Å². The Bertz CT molecular complexity index is 469. The highest BCUT2D eigenvalue weighted by atomic mass is 15.2. The van der Waals surface area contributed by atoms with Crippen LogP contribution in [0.15, 0.2) is 36.7 Å². The molecule has 0 saturated carbocycles. The van der Waals surface area contributed by atoms with Crippen LogP contribution in [0.1, 0.15) is 11.3 Å². The molecule has 2 heterocycles. The van der Waals surface area contributed by atoms with Gasteiger partial charge in [-0.15, -0.1) is 5.10 Å². The lowest BCUT2D eigenvalue weighted by molar-refractivity contribution is 0.759. The highest BCUT2D eigenvalue weighted by Gasteiger charge is 2.04. The molecular formula is C13H17N5. The molecule has 0 unspecified atom stereocenters. The summed E-state index contributed by atoms with van der Waals surface area (Å²) in [4.78, 5) is 6.07. The Kier molecular flexibility index (Phi) is 4.20. The largest absolute Gasteiger partial charge is 0.354 e. The fourth-order valence-corrected chi connectivity index (χ4v) is 1.67. The maximum atomic E-state index is 4.21. The predicted molar refractivity (Wildman–Crippen MR) is 71.1 cm³/mol. The Labute approximate surface area is 107 Å². The van der Waals surface area contributed by atoms with E-state index in [-0.39, 0.29) is 0 Å². The van der Waals surface area contributed by atoms with Gasteiger partial charge < -0.3 is 10.2 Å². The lowest BCUT2D eigenvalue weighted by Crippen LogP contribution is -2.18. The zero-order valence-corrected chi connectivity index (χ0v) is 10.7. The zero-order chi connectivity index (χ0) is 12.8. The van der Waals surface area contributed by atoms with Crippen molar-refractivity contribution in [1.82, 2.24) is 20.5 Å². The molecule has 0 aromatic carbocycles. The summed E-state index contributed by atoms with van der Waals surface area (Å²) in [5.41, 5.74) is 2.15. The monoisotopic (exact) mass is 243 g/mol. The second-order valence-corrected chi connectivity index (χ2v) is 4.12. The molecule has 0 saturated heterocycles. The van der Waals surface area contributed by atoms with Gasteiger partial charge in [0, 0.05) is 32.5 Å². The molecule has 2 aromatic rings. The van der Waals surface area contributed by atoms with Crippen molar-refractivity contribution in [3.63, 3.8) is 0 Å². The first-order valence-electron chi connectivity index (χ1n) is 5.87. The second-order valence-electron chi connectivity index (χ2n) is 4.12. The number of nitrogens with one attached hydrogen (secondary N) is 1. The normalized spacial score (nSPS) is 10.3. The lowest BCUT2D eigenvalue weighted by atomic mass is 10.2. The van der Waals surface area contributed by atoms with Crippen LogP contribution in [0, 0.1) is 0 Å². The van der Waals surface area contributed by atoms with E-state index >= 15 is 0 Å². The van der Waals surface area contributed by atoms with E-state index in [9.17, 15) is 0 Å². The van der Waals surface area contributed by atoms with Crippen LogP contribution in [-0.4, -0.2) is 29.3 Å². The fourth-order valence-electron chi connectivity index (χ4n) is 1.67. The van der Waals surface area contributed by atoms with Crippen molar-refractivity contribution in [3.05, 3.63) is 47.9 Å². The molecule has 0 atom stereocenters. The highest BCUT2D eigenvalue weighted by molar-refractivity contribution is 5.37. The zero-order valence-electron chi connectivity index (χ0n) is 10.7. The van der Waals surface area contributed by atoms with Crippen molar-refractivity contribution < 1.29 is 0 Å². The minimum atomic E-state index is 0.737. The maximum Gasteiger partial charge on any atom is 0.151 e. The quantitative estimate of drug-likeness (QED) is 0.856. The maximum absolute atomic E-state index is 4.21. The van der Waals surface area contributed by atoms with Gasteiger partial charge in [0.2, 0.25) is 0 Å². The highest BCUT2D eigenvalue weighted by Crippen LogP contribution is 2.11. The van der Waals surface area contributed by atoms with Crippen LogP contribution in [-0.2, 0) is 13.1 Å². The van der Waals surface area contributed by atoms with Crippen molar-refractivity contribution in [1.29, 1.82) is 0 Å². The summed E-state index contributed by atoms with van der Waals surface area (Å²) >= 11 is 0. The van der Waals surface area contributed by atoms with E-state index in [1.807, 2.05) is 38.4 Å². The lowest BCUT2D eigenvalue weighted by Gasteiger charge is -2.17. The van der Waals surface area contributed by atoms with Gasteiger partial charge >= 0.3 is 0 Å². The van der Waals surface area contributed by atoms with E-state index < -0.39 is 0 Å². The molecule has 1 N–H and O–H groups in total. The first kappa shape index (κ1) is 12.4. The van der Waals surface area contributed by atoms with Crippen LogP contribution in [0.3, 0.4) is 0 Å². The number of rotatable bonds is 5. The molecule has 18 heavy (non-hydrogen) atoms. The summed E-state index contributed by atoms with van der Waals surface area (Å²) < 4.78 is 0. The van der Waals surface area contributed by atoms with Crippen molar-refractivity contribution in [2.75, 3.05) is 19.0 Å². The van der Waals surface area contributed by atoms with Gasteiger partial charge in [-0.05, 0) is 36.9 Å². The van der Waals surface area contributed by atoms with Gasteiger partial charge in [0.15, 0.2) is 5.82 Å². The van der Waals surface area contributed by atoms with E-state index in [1.54, 1.807) is 12.4 Å². The first-order valence-corrected chi connectivity index (χ1v) is 5.87. The molecule has 94 valence electrons. The molecule has 2 aromatic heterocycles. The van der Waals surface area contributed by atoms with Gasteiger partial charge in [-0.25, -0.2) is 0 Å². The topological polar surface area (TPSA) is 53.9 Å². The predicted octanol–water partition coefficient (Wildman–Crippen LogP) is 1.23. The van der Waals surface area contributed by atoms with Gasteiger partial charge in [0.25, 0.3) is 0 Å². The molecule has 0 spiro atoms. The first-order chi connectivity index (χ1) is 8.79. The van der Waals surface area contributed by atoms with E-state index in [2.05, 4.69) is 25.4 Å². The summed E-state index contributed by atoms with van der Waals surface area (Å²) in [5.74, 6) is 0.867. The molecule has 0 radical (unpaired) electrons. The Balaban J connectivity index is 2.02. The van der Waals surface area contributed by atoms with Crippen molar-refractivity contribution >= 4 is 5.82 Å². The van der Waals surface area contributed by atoms with Gasteiger partial charge in [-0.2, -0.15) is 5.10 Å². The average Bonchev–Trinajstić information content (AvgIpc) is 2.41. The number of hydrogen-bond donors (Lipinski definition) is 1. The molecule has 5 heteroatoms. The van der Waals surface area contributed by atoms with Crippen LogP contribution in [0.2, 0.25) is 0 Å². The third kappa shape index (κ3) is 3.24. The minimum Gasteiger partial charge on any atom is -0.354 e. The summed E-state index contributed by atoms with van der Waals surface area (Å²) in [7, 11) is 3.90. The van der Waals surface area contributed by atoms with Gasteiger partial charge in [-0.3, -0.25) is 4.98 Å². The van der Waals surface area contributed by atoms with Gasteiger partial charge in [0.1, 0.15) is 0 Å². The Morgan fingerprint density at radius 2 is 1.89 bits per heavy atom. The third-order valence-corrected chi connectivity index (χ3v) is 2.62. The standard InChI is InChI=1S/C13H17N5/c1-14-9-12-3-4-13(17-16-12)18(2)10-11-5-7-15-8-6-11/h3-8,14H,9-10H2,1-2H3. The number of aromatic nitrogens is 3. The molecule has 0 bridgehead atoms. The molecule has 2 rings (SSSR count). The van der Waals surface area contributed by atoms with Gasteiger partial charge in [0.05, 0.1) is 5.69 Å². The van der Waals surface area contributed by atoms with E-state index in [1.165, 1.54) is 5.56 Å². The molecule has 0 aliphatic rings. The summed E-state index contributed by atoms with van der Waals surface area (Å²) in [6.07, 6.45) is 3.59. The van der Waals surface area contributed by atoms with Crippen LogP contribution < -0.4 is 10.2 Å². The summed E-state index contributed by atoms with van der Waals surface area (Å²) in [6.45, 7) is 1.53. The van der Waals surface area contributed by atoms with E-state index in [0.29, 0.717) is 0 Å². The van der Waals surface area contributed by atoms with Crippen LogP contribution in [0.5, 0.6) is 0 Å². The SMILES string of the molecule is CNCc1ccc(N(C)Cc2ccncc2)nn1. The smallest absolute Gasteiger partial charge is 0.151 e. The Morgan fingerprint density at radius 3 is 2.50 bits per heavy atom. The molecule has 0 fully saturated rings. The van der Waals surface area contributed by atoms with Crippen molar-refractivity contribution in [2.45, 2.75) is 13.1 Å². The Morgan fingerprint density at radius 1 is 1.11 bits per heavy atom. The van der Waals surface area contributed by atoms with E-state index in [0.717, 1.165) is 24.6 Å². The fraction of sp³-hybridized carbons (Fsp3) is 0.308. The molecule has 0 amide bonds. The molecule has 0 aliphatic heterocycles.